The summed E-state index contributed by atoms with van der Waals surface area (Å²) in [6, 6.07) is 5.34. The molecule has 1 fully saturated rings. The molecule has 1 unspecified atom stereocenters. The molecule has 1 aliphatic heterocycles. The molecule has 0 saturated carbocycles. The predicted molar refractivity (Wildman–Crippen MR) is 62.6 cm³/mol. The van der Waals surface area contributed by atoms with Crippen LogP contribution >= 0.6 is 0 Å². The number of hydrogen-bond donors (Lipinski definition) is 0. The molecule has 1 saturated heterocycles. The zero-order valence-electron chi connectivity index (χ0n) is 10.5. The topological polar surface area (TPSA) is 44.8 Å². The van der Waals surface area contributed by atoms with Crippen LogP contribution < -0.4 is 9.47 Å². The minimum absolute atomic E-state index is 0.114. The van der Waals surface area contributed by atoms with Gasteiger partial charge in [-0.3, -0.25) is 4.79 Å². The van der Waals surface area contributed by atoms with Crippen molar-refractivity contribution in [2.24, 2.45) is 5.92 Å². The van der Waals surface area contributed by atoms with E-state index < -0.39 is 12.1 Å². The van der Waals surface area contributed by atoms with Crippen LogP contribution in [0.4, 0.5) is 13.2 Å². The molecule has 20 heavy (non-hydrogen) atoms. The fourth-order valence-electron chi connectivity index (χ4n) is 1.83. The van der Waals surface area contributed by atoms with E-state index in [-0.39, 0.29) is 24.1 Å². The number of rotatable bonds is 5. The minimum atomic E-state index is -4.80. The minimum Gasteiger partial charge on any atom is -0.482 e. The average Bonchev–Trinajstić information content (AvgIpc) is 2.89. The standard InChI is InChI=1S/C13H13F3O4/c14-13(15,16)20-12-4-2-1-3-11(12)19-8-10(17)9-5-6-18-7-9/h1-4,9H,5-8H2. The lowest BCUT2D eigenvalue weighted by molar-refractivity contribution is -0.275. The lowest BCUT2D eigenvalue weighted by Gasteiger charge is -2.14. The Morgan fingerprint density at radius 2 is 2.00 bits per heavy atom. The fourth-order valence-corrected chi connectivity index (χ4v) is 1.83. The zero-order valence-corrected chi connectivity index (χ0v) is 10.5. The van der Waals surface area contributed by atoms with E-state index in [1.165, 1.54) is 18.2 Å². The number of carbonyl (C=O) groups is 1. The van der Waals surface area contributed by atoms with Gasteiger partial charge in [-0.05, 0) is 18.6 Å². The molecular formula is C13H13F3O4. The molecule has 0 spiro atoms. The smallest absolute Gasteiger partial charge is 0.482 e. The van der Waals surface area contributed by atoms with E-state index in [4.69, 9.17) is 9.47 Å². The molecule has 0 aliphatic carbocycles. The molecule has 1 atom stereocenters. The Morgan fingerprint density at radius 3 is 2.60 bits per heavy atom. The second-order valence-electron chi connectivity index (χ2n) is 4.31. The van der Waals surface area contributed by atoms with E-state index in [1.54, 1.807) is 0 Å². The molecule has 1 aromatic rings. The van der Waals surface area contributed by atoms with Gasteiger partial charge in [-0.25, -0.2) is 0 Å². The van der Waals surface area contributed by atoms with E-state index in [9.17, 15) is 18.0 Å². The Bertz CT molecular complexity index is 467. The van der Waals surface area contributed by atoms with Crippen molar-refractivity contribution in [1.82, 2.24) is 0 Å². The van der Waals surface area contributed by atoms with E-state index in [1.807, 2.05) is 0 Å². The summed E-state index contributed by atoms with van der Waals surface area (Å²) in [7, 11) is 0. The molecule has 110 valence electrons. The maximum Gasteiger partial charge on any atom is 0.573 e. The van der Waals surface area contributed by atoms with Gasteiger partial charge in [-0.1, -0.05) is 12.1 Å². The molecule has 7 heteroatoms. The van der Waals surface area contributed by atoms with Gasteiger partial charge in [-0.2, -0.15) is 0 Å². The third-order valence-corrected chi connectivity index (χ3v) is 2.83. The van der Waals surface area contributed by atoms with Gasteiger partial charge in [0, 0.05) is 12.5 Å². The first kappa shape index (κ1) is 14.6. The molecule has 0 radical (unpaired) electrons. The van der Waals surface area contributed by atoms with Crippen molar-refractivity contribution in [3.8, 4) is 11.5 Å². The number of Topliss-reactive ketones (excluding diaryl/α,β-unsaturated/α-hetero) is 1. The van der Waals surface area contributed by atoms with Crippen LogP contribution in [0.15, 0.2) is 24.3 Å². The van der Waals surface area contributed by atoms with Crippen LogP contribution in [0, 0.1) is 5.92 Å². The van der Waals surface area contributed by atoms with Crippen molar-refractivity contribution in [3.63, 3.8) is 0 Å². The number of halogens is 3. The van der Waals surface area contributed by atoms with Crippen LogP contribution in [0.2, 0.25) is 0 Å². The van der Waals surface area contributed by atoms with Crippen LogP contribution in [-0.2, 0) is 9.53 Å². The van der Waals surface area contributed by atoms with Gasteiger partial charge in [0.1, 0.15) is 6.61 Å². The summed E-state index contributed by atoms with van der Waals surface area (Å²) in [6.45, 7) is 0.555. The van der Waals surface area contributed by atoms with Gasteiger partial charge in [-0.15, -0.1) is 13.2 Å². The van der Waals surface area contributed by atoms with Crippen molar-refractivity contribution >= 4 is 5.78 Å². The molecule has 0 N–H and O–H groups in total. The maximum absolute atomic E-state index is 12.2. The highest BCUT2D eigenvalue weighted by Crippen LogP contribution is 2.31. The van der Waals surface area contributed by atoms with Crippen molar-refractivity contribution in [2.75, 3.05) is 19.8 Å². The lowest BCUT2D eigenvalue weighted by Crippen LogP contribution is -2.22. The normalized spacial score (nSPS) is 18.9. The molecule has 0 aromatic heterocycles. The van der Waals surface area contributed by atoms with Gasteiger partial charge < -0.3 is 14.2 Å². The van der Waals surface area contributed by atoms with E-state index >= 15 is 0 Å². The molecular weight excluding hydrogens is 277 g/mol. The zero-order chi connectivity index (χ0) is 14.6. The van der Waals surface area contributed by atoms with Gasteiger partial charge in [0.2, 0.25) is 0 Å². The summed E-state index contributed by atoms with van der Waals surface area (Å²) in [5.41, 5.74) is 0. The summed E-state index contributed by atoms with van der Waals surface area (Å²) in [4.78, 5) is 11.7. The summed E-state index contributed by atoms with van der Waals surface area (Å²) in [5, 5.41) is 0. The quantitative estimate of drug-likeness (QED) is 0.836. The molecule has 0 amide bonds. The van der Waals surface area contributed by atoms with E-state index in [2.05, 4.69) is 4.74 Å². The Balaban J connectivity index is 1.96. The fraction of sp³-hybridized carbons (Fsp3) is 0.462. The first-order chi connectivity index (χ1) is 9.46. The van der Waals surface area contributed by atoms with Crippen molar-refractivity contribution in [1.29, 1.82) is 0 Å². The number of hydrogen-bond acceptors (Lipinski definition) is 4. The van der Waals surface area contributed by atoms with Crippen molar-refractivity contribution < 1.29 is 32.2 Å². The van der Waals surface area contributed by atoms with Crippen LogP contribution in [0.5, 0.6) is 11.5 Å². The Morgan fingerprint density at radius 1 is 1.30 bits per heavy atom. The summed E-state index contributed by atoms with van der Waals surface area (Å²) in [5.74, 6) is -1.01. The largest absolute Gasteiger partial charge is 0.573 e. The van der Waals surface area contributed by atoms with Crippen molar-refractivity contribution in [3.05, 3.63) is 24.3 Å². The number of alkyl halides is 3. The van der Waals surface area contributed by atoms with Gasteiger partial charge in [0.25, 0.3) is 0 Å². The second-order valence-corrected chi connectivity index (χ2v) is 4.31. The van der Waals surface area contributed by atoms with Crippen LogP contribution in [0.3, 0.4) is 0 Å². The first-order valence-electron chi connectivity index (χ1n) is 6.04. The monoisotopic (exact) mass is 290 g/mol. The third kappa shape index (κ3) is 4.12. The van der Waals surface area contributed by atoms with Crippen LogP contribution in [0.25, 0.3) is 0 Å². The predicted octanol–water partition coefficient (Wildman–Crippen LogP) is 2.57. The first-order valence-corrected chi connectivity index (χ1v) is 6.04. The van der Waals surface area contributed by atoms with Gasteiger partial charge in [0.05, 0.1) is 6.61 Å². The molecule has 1 heterocycles. The highest BCUT2D eigenvalue weighted by molar-refractivity contribution is 5.82. The highest BCUT2D eigenvalue weighted by Gasteiger charge is 2.32. The van der Waals surface area contributed by atoms with E-state index in [0.717, 1.165) is 6.07 Å². The number of ketones is 1. The Kier molecular flexibility index (Phi) is 4.49. The lowest BCUT2D eigenvalue weighted by atomic mass is 10.0. The third-order valence-electron chi connectivity index (χ3n) is 2.83. The molecule has 1 aliphatic rings. The molecule has 1 aromatic carbocycles. The van der Waals surface area contributed by atoms with E-state index in [0.29, 0.717) is 19.6 Å². The molecule has 0 bridgehead atoms. The number of carbonyl (C=O) groups excluding carboxylic acids is 1. The average molecular weight is 290 g/mol. The number of para-hydroxylation sites is 2. The summed E-state index contributed by atoms with van der Waals surface area (Å²) in [6.07, 6.45) is -4.19. The number of ether oxygens (including phenoxy) is 3. The summed E-state index contributed by atoms with van der Waals surface area (Å²) >= 11 is 0. The Hall–Kier alpha value is -1.76. The van der Waals surface area contributed by atoms with Gasteiger partial charge in [0.15, 0.2) is 17.3 Å². The number of benzene rings is 1. The highest BCUT2D eigenvalue weighted by atomic mass is 19.4. The van der Waals surface area contributed by atoms with Crippen LogP contribution in [0.1, 0.15) is 6.42 Å². The van der Waals surface area contributed by atoms with Crippen molar-refractivity contribution in [2.45, 2.75) is 12.8 Å². The summed E-state index contributed by atoms with van der Waals surface area (Å²) < 4.78 is 50.6. The van der Waals surface area contributed by atoms with Gasteiger partial charge >= 0.3 is 6.36 Å². The molecule has 2 rings (SSSR count). The maximum atomic E-state index is 12.2. The second kappa shape index (κ2) is 6.13. The SMILES string of the molecule is O=C(COc1ccccc1OC(F)(F)F)C1CCOC1. The Labute approximate surface area is 113 Å². The van der Waals surface area contributed by atoms with Crippen LogP contribution in [-0.4, -0.2) is 32.0 Å². The molecule has 4 nitrogen and oxygen atoms in total.